The smallest absolute Gasteiger partial charge is 0.337 e. The van der Waals surface area contributed by atoms with E-state index in [1.165, 1.54) is 0 Å². The molecule has 0 aliphatic rings. The monoisotopic (exact) mass is 288 g/mol. The minimum atomic E-state index is -3.32. The number of aromatic nitrogens is 1. The Morgan fingerprint density at radius 2 is 1.95 bits per heavy atom. The summed E-state index contributed by atoms with van der Waals surface area (Å²) in [6.45, 7) is 7.40. The van der Waals surface area contributed by atoms with Crippen LogP contribution in [0.4, 0.5) is 0 Å². The molecule has 0 amide bonds. The van der Waals surface area contributed by atoms with Crippen LogP contribution in [-0.4, -0.2) is 35.9 Å². The molecule has 2 N–H and O–H groups in total. The summed E-state index contributed by atoms with van der Waals surface area (Å²) in [5.74, 6) is -0.978. The number of carbonyl (C=O) groups is 1. The van der Waals surface area contributed by atoms with Crippen molar-refractivity contribution in [3.8, 4) is 0 Å². The van der Waals surface area contributed by atoms with Crippen LogP contribution >= 0.6 is 0 Å². The van der Waals surface area contributed by atoms with Gasteiger partial charge in [0.05, 0.1) is 11.8 Å². The van der Waals surface area contributed by atoms with Crippen molar-refractivity contribution in [3.05, 3.63) is 23.0 Å². The maximum atomic E-state index is 11.3. The molecule has 1 aromatic heterocycles. The van der Waals surface area contributed by atoms with Gasteiger partial charge in [-0.25, -0.2) is 17.9 Å². The topological polar surface area (TPSA) is 88.4 Å². The molecule has 0 aliphatic carbocycles. The van der Waals surface area contributed by atoms with Crippen LogP contribution in [0.3, 0.4) is 0 Å². The van der Waals surface area contributed by atoms with Crippen LogP contribution in [0.25, 0.3) is 0 Å². The van der Waals surface area contributed by atoms with Crippen molar-refractivity contribution in [2.75, 3.05) is 6.26 Å². The standard InChI is InChI=1S/C12H20N2O4S/c1-8-6-10(11(15)16)9(2)14(8)7-12(3,4)13-19(5,17)18/h6,13H,7H2,1-5H3,(H,15,16). The van der Waals surface area contributed by atoms with Gasteiger partial charge in [0.1, 0.15) is 0 Å². The van der Waals surface area contributed by atoms with Crippen molar-refractivity contribution in [1.29, 1.82) is 0 Å². The Bertz CT molecular complexity index is 599. The molecule has 0 fully saturated rings. The molecule has 0 saturated carbocycles. The summed E-state index contributed by atoms with van der Waals surface area (Å²) in [5, 5.41) is 9.06. The Hall–Kier alpha value is -1.34. The summed E-state index contributed by atoms with van der Waals surface area (Å²) < 4.78 is 27.0. The normalized spacial score (nSPS) is 12.7. The number of hydrogen-bond donors (Lipinski definition) is 2. The number of aryl methyl sites for hydroxylation is 1. The van der Waals surface area contributed by atoms with E-state index >= 15 is 0 Å². The van der Waals surface area contributed by atoms with Crippen LogP contribution < -0.4 is 4.72 Å². The third-order valence-electron chi connectivity index (χ3n) is 2.82. The average Bonchev–Trinajstić information content (AvgIpc) is 2.41. The Morgan fingerprint density at radius 1 is 1.42 bits per heavy atom. The third-order valence-corrected chi connectivity index (χ3v) is 3.74. The van der Waals surface area contributed by atoms with E-state index in [-0.39, 0.29) is 5.56 Å². The molecular formula is C12H20N2O4S. The quantitative estimate of drug-likeness (QED) is 0.850. The molecule has 0 aliphatic heterocycles. The Labute approximate surface area is 113 Å². The number of carboxylic acid groups (broad SMARTS) is 1. The lowest BCUT2D eigenvalue weighted by atomic mass is 10.1. The molecule has 0 unspecified atom stereocenters. The van der Waals surface area contributed by atoms with E-state index in [1.54, 1.807) is 33.8 Å². The molecule has 0 atom stereocenters. The SMILES string of the molecule is Cc1cc(C(=O)O)c(C)n1CC(C)(C)NS(C)(=O)=O. The second-order valence-electron chi connectivity index (χ2n) is 5.43. The first-order chi connectivity index (χ1) is 8.43. The number of nitrogens with zero attached hydrogens (tertiary/aromatic N) is 1. The summed E-state index contributed by atoms with van der Waals surface area (Å²) in [4.78, 5) is 11.1. The molecule has 0 radical (unpaired) electrons. The van der Waals surface area contributed by atoms with E-state index in [0.717, 1.165) is 11.9 Å². The fourth-order valence-electron chi connectivity index (χ4n) is 2.19. The van der Waals surface area contributed by atoms with Crippen molar-refractivity contribution in [1.82, 2.24) is 9.29 Å². The van der Waals surface area contributed by atoms with Crippen LogP contribution in [0.5, 0.6) is 0 Å². The van der Waals surface area contributed by atoms with Gasteiger partial charge in [-0.1, -0.05) is 0 Å². The van der Waals surface area contributed by atoms with Gasteiger partial charge < -0.3 is 9.67 Å². The molecule has 1 aromatic rings. The fraction of sp³-hybridized carbons (Fsp3) is 0.583. The number of rotatable bonds is 5. The summed E-state index contributed by atoms with van der Waals surface area (Å²) in [6.07, 6.45) is 1.10. The zero-order chi connectivity index (χ0) is 15.0. The highest BCUT2D eigenvalue weighted by molar-refractivity contribution is 7.88. The lowest BCUT2D eigenvalue weighted by molar-refractivity contribution is 0.0695. The van der Waals surface area contributed by atoms with Gasteiger partial charge in [-0.05, 0) is 33.8 Å². The third kappa shape index (κ3) is 4.07. The van der Waals surface area contributed by atoms with Crippen LogP contribution in [-0.2, 0) is 16.6 Å². The first kappa shape index (κ1) is 15.7. The lowest BCUT2D eigenvalue weighted by Crippen LogP contribution is -2.46. The number of aromatic carboxylic acids is 1. The Kier molecular flexibility index (Phi) is 4.11. The van der Waals surface area contributed by atoms with Crippen LogP contribution in [0.1, 0.15) is 35.6 Å². The minimum absolute atomic E-state index is 0.243. The summed E-state index contributed by atoms with van der Waals surface area (Å²) >= 11 is 0. The van der Waals surface area contributed by atoms with Crippen LogP contribution in [0, 0.1) is 13.8 Å². The van der Waals surface area contributed by atoms with E-state index in [2.05, 4.69) is 4.72 Å². The van der Waals surface area contributed by atoms with Gasteiger partial charge in [0.2, 0.25) is 10.0 Å². The molecule has 108 valence electrons. The van der Waals surface area contributed by atoms with Gasteiger partial charge in [0.15, 0.2) is 0 Å². The van der Waals surface area contributed by atoms with E-state index in [1.807, 2.05) is 4.57 Å². The zero-order valence-electron chi connectivity index (χ0n) is 11.8. The number of carboxylic acids is 1. The van der Waals surface area contributed by atoms with Gasteiger partial charge in [-0.15, -0.1) is 0 Å². The molecule has 6 nitrogen and oxygen atoms in total. The van der Waals surface area contributed by atoms with Crippen molar-refractivity contribution >= 4 is 16.0 Å². The second-order valence-corrected chi connectivity index (χ2v) is 7.18. The Balaban J connectivity index is 3.09. The first-order valence-corrected chi connectivity index (χ1v) is 7.71. The molecule has 1 rings (SSSR count). The number of hydrogen-bond acceptors (Lipinski definition) is 3. The molecule has 7 heteroatoms. The summed E-state index contributed by atoms with van der Waals surface area (Å²) in [7, 11) is -3.32. The fourth-order valence-corrected chi connectivity index (χ4v) is 3.26. The van der Waals surface area contributed by atoms with Gasteiger partial charge in [0, 0.05) is 23.5 Å². The van der Waals surface area contributed by atoms with Gasteiger partial charge in [0.25, 0.3) is 0 Å². The predicted molar refractivity (Wildman–Crippen MR) is 72.9 cm³/mol. The highest BCUT2D eigenvalue weighted by atomic mass is 32.2. The van der Waals surface area contributed by atoms with Crippen LogP contribution in [0.15, 0.2) is 6.07 Å². The molecule has 1 heterocycles. The number of sulfonamides is 1. The number of nitrogens with one attached hydrogen (secondary N) is 1. The zero-order valence-corrected chi connectivity index (χ0v) is 12.6. The van der Waals surface area contributed by atoms with E-state index in [0.29, 0.717) is 12.2 Å². The average molecular weight is 288 g/mol. The van der Waals surface area contributed by atoms with E-state index < -0.39 is 21.5 Å². The molecule has 0 spiro atoms. The van der Waals surface area contributed by atoms with Crippen molar-refractivity contribution in [2.45, 2.75) is 39.8 Å². The van der Waals surface area contributed by atoms with Gasteiger partial charge in [-0.3, -0.25) is 0 Å². The predicted octanol–water partition coefficient (Wildman–Crippen LogP) is 1.13. The van der Waals surface area contributed by atoms with Crippen molar-refractivity contribution in [3.63, 3.8) is 0 Å². The second kappa shape index (κ2) is 4.97. The van der Waals surface area contributed by atoms with Gasteiger partial charge in [-0.2, -0.15) is 0 Å². The maximum absolute atomic E-state index is 11.3. The minimum Gasteiger partial charge on any atom is -0.478 e. The van der Waals surface area contributed by atoms with Crippen LogP contribution in [0.2, 0.25) is 0 Å². The highest BCUT2D eigenvalue weighted by Crippen LogP contribution is 2.18. The lowest BCUT2D eigenvalue weighted by Gasteiger charge is -2.27. The summed E-state index contributed by atoms with van der Waals surface area (Å²) in [5.41, 5.74) is 0.956. The summed E-state index contributed by atoms with van der Waals surface area (Å²) in [6, 6.07) is 1.59. The van der Waals surface area contributed by atoms with E-state index in [9.17, 15) is 13.2 Å². The Morgan fingerprint density at radius 3 is 2.32 bits per heavy atom. The maximum Gasteiger partial charge on any atom is 0.337 e. The molecule has 19 heavy (non-hydrogen) atoms. The molecular weight excluding hydrogens is 268 g/mol. The van der Waals surface area contributed by atoms with E-state index in [4.69, 9.17) is 5.11 Å². The molecule has 0 bridgehead atoms. The molecule has 0 saturated heterocycles. The molecule has 0 aromatic carbocycles. The van der Waals surface area contributed by atoms with Crippen molar-refractivity contribution < 1.29 is 18.3 Å². The first-order valence-electron chi connectivity index (χ1n) is 5.82. The highest BCUT2D eigenvalue weighted by Gasteiger charge is 2.25. The largest absolute Gasteiger partial charge is 0.478 e. The van der Waals surface area contributed by atoms with Gasteiger partial charge >= 0.3 is 5.97 Å². The van der Waals surface area contributed by atoms with Crippen molar-refractivity contribution in [2.24, 2.45) is 0 Å².